The van der Waals surface area contributed by atoms with Gasteiger partial charge in [-0.1, -0.05) is 0 Å². The highest BCUT2D eigenvalue weighted by atomic mass is 32.2. The molecule has 0 atom stereocenters. The van der Waals surface area contributed by atoms with Gasteiger partial charge in [0.1, 0.15) is 11.4 Å². The molecule has 2 aromatic carbocycles. The number of hydrogen-bond acceptors (Lipinski definition) is 5. The van der Waals surface area contributed by atoms with Gasteiger partial charge in [0.25, 0.3) is 0 Å². The van der Waals surface area contributed by atoms with Gasteiger partial charge in [-0.25, -0.2) is 0 Å². The summed E-state index contributed by atoms with van der Waals surface area (Å²) in [6, 6.07) is 12.4. The molecule has 21 heavy (non-hydrogen) atoms. The number of benzene rings is 2. The van der Waals surface area contributed by atoms with E-state index in [2.05, 4.69) is 10.5 Å². The van der Waals surface area contributed by atoms with Gasteiger partial charge in [-0.2, -0.15) is 0 Å². The molecule has 0 spiro atoms. The molecule has 1 N–H and O–H groups in total. The second kappa shape index (κ2) is 5.97. The van der Waals surface area contributed by atoms with E-state index in [9.17, 15) is 9.70 Å². The molecule has 0 unspecified atom stereocenters. The number of nitrogens with zero attached hydrogens (tertiary/aromatic N) is 1. The average Bonchev–Trinajstić information content (AvgIpc) is 2.53. The molecular weight excluding hydrogens is 288 g/mol. The van der Waals surface area contributed by atoms with Crippen molar-refractivity contribution < 1.29 is 8.98 Å². The van der Waals surface area contributed by atoms with Gasteiger partial charge in [-0.05, 0) is 59.6 Å². The predicted molar refractivity (Wildman–Crippen MR) is 81.8 cm³/mol. The topological polar surface area (TPSA) is 67.8 Å². The van der Waals surface area contributed by atoms with E-state index in [0.717, 1.165) is 28.3 Å². The van der Waals surface area contributed by atoms with Crippen LogP contribution < -0.4 is 9.50 Å². The van der Waals surface area contributed by atoms with Crippen molar-refractivity contribution in [3.63, 3.8) is 0 Å². The van der Waals surface area contributed by atoms with Gasteiger partial charge in [-0.3, -0.25) is 4.79 Å². The minimum atomic E-state index is 0.0504. The van der Waals surface area contributed by atoms with Gasteiger partial charge in [0.05, 0.1) is 12.0 Å². The minimum Gasteiger partial charge on any atom is -0.421 e. The van der Waals surface area contributed by atoms with E-state index in [1.165, 1.54) is 12.0 Å². The van der Waals surface area contributed by atoms with Crippen LogP contribution in [0, 0.1) is 4.91 Å². The van der Waals surface area contributed by atoms with E-state index in [1.54, 1.807) is 24.3 Å². The SMILES string of the molecule is O=Nc1ccc(SOc2ccc3c(c2)CCC(=O)N3)cc1. The lowest BCUT2D eigenvalue weighted by atomic mass is 10.0. The van der Waals surface area contributed by atoms with Crippen molar-refractivity contribution in [1.82, 2.24) is 0 Å². The second-order valence-corrected chi connectivity index (χ2v) is 5.42. The molecule has 106 valence electrons. The standard InChI is InChI=1S/C15H12N2O3S/c18-15-8-1-10-9-12(4-7-14(10)16-15)20-21-13-5-2-11(17-19)3-6-13/h2-7,9H,1,8H2,(H,16,18). The Hall–Kier alpha value is -2.34. The third-order valence-electron chi connectivity index (χ3n) is 3.15. The van der Waals surface area contributed by atoms with Crippen LogP contribution in [-0.4, -0.2) is 5.91 Å². The summed E-state index contributed by atoms with van der Waals surface area (Å²) in [5.74, 6) is 0.780. The first kappa shape index (κ1) is 13.6. The lowest BCUT2D eigenvalue weighted by Gasteiger charge is -2.17. The van der Waals surface area contributed by atoms with Crippen molar-refractivity contribution in [2.75, 3.05) is 5.32 Å². The normalized spacial score (nSPS) is 13.2. The number of rotatable bonds is 4. The number of hydrogen-bond donors (Lipinski definition) is 1. The van der Waals surface area contributed by atoms with Crippen molar-refractivity contribution in [2.45, 2.75) is 17.7 Å². The summed E-state index contributed by atoms with van der Waals surface area (Å²) >= 11 is 1.21. The summed E-state index contributed by atoms with van der Waals surface area (Å²) in [6.45, 7) is 0. The number of aryl methyl sites for hydroxylation is 1. The van der Waals surface area contributed by atoms with Crippen molar-refractivity contribution in [3.05, 3.63) is 52.9 Å². The van der Waals surface area contributed by atoms with E-state index in [1.807, 2.05) is 18.2 Å². The highest BCUT2D eigenvalue weighted by Gasteiger charge is 2.15. The van der Waals surface area contributed by atoms with Crippen LogP contribution in [0.2, 0.25) is 0 Å². The Balaban J connectivity index is 1.67. The van der Waals surface area contributed by atoms with Crippen LogP contribution in [0.5, 0.6) is 5.75 Å². The van der Waals surface area contributed by atoms with Crippen LogP contribution >= 0.6 is 12.0 Å². The predicted octanol–water partition coefficient (Wildman–Crippen LogP) is 4.06. The molecule has 1 aliphatic rings. The van der Waals surface area contributed by atoms with Crippen LogP contribution in [-0.2, 0) is 11.2 Å². The fourth-order valence-electron chi connectivity index (χ4n) is 2.07. The number of anilines is 1. The Morgan fingerprint density at radius 2 is 1.90 bits per heavy atom. The van der Waals surface area contributed by atoms with E-state index >= 15 is 0 Å². The van der Waals surface area contributed by atoms with Gasteiger partial charge in [-0.15, -0.1) is 4.91 Å². The molecule has 0 radical (unpaired) electrons. The second-order valence-electron chi connectivity index (χ2n) is 4.62. The molecule has 1 heterocycles. The summed E-state index contributed by atoms with van der Waals surface area (Å²) < 4.78 is 5.65. The first-order valence-electron chi connectivity index (χ1n) is 6.45. The molecule has 0 bridgehead atoms. The largest absolute Gasteiger partial charge is 0.421 e. The lowest BCUT2D eigenvalue weighted by Crippen LogP contribution is -2.18. The Morgan fingerprint density at radius 1 is 1.10 bits per heavy atom. The molecule has 6 heteroatoms. The maximum absolute atomic E-state index is 11.3. The fraction of sp³-hybridized carbons (Fsp3) is 0.133. The highest BCUT2D eigenvalue weighted by molar-refractivity contribution is 7.95. The summed E-state index contributed by atoms with van der Waals surface area (Å²) in [7, 11) is 0. The van der Waals surface area contributed by atoms with Crippen LogP contribution in [0.1, 0.15) is 12.0 Å². The molecule has 0 saturated carbocycles. The molecule has 2 aromatic rings. The molecule has 0 saturated heterocycles. The van der Waals surface area contributed by atoms with E-state index in [4.69, 9.17) is 4.18 Å². The van der Waals surface area contributed by atoms with Crippen LogP contribution in [0.4, 0.5) is 11.4 Å². The van der Waals surface area contributed by atoms with Gasteiger partial charge in [0.2, 0.25) is 5.91 Å². The van der Waals surface area contributed by atoms with Crippen LogP contribution in [0.3, 0.4) is 0 Å². The van der Waals surface area contributed by atoms with E-state index in [-0.39, 0.29) is 5.91 Å². The Bertz CT molecular complexity index is 686. The highest BCUT2D eigenvalue weighted by Crippen LogP contribution is 2.30. The Labute approximate surface area is 125 Å². The molecule has 0 fully saturated rings. The van der Waals surface area contributed by atoms with Crippen molar-refractivity contribution in [3.8, 4) is 5.75 Å². The number of fused-ring (bicyclic) bond motifs is 1. The quantitative estimate of drug-likeness (QED) is 0.683. The molecule has 1 amide bonds. The van der Waals surface area contributed by atoms with Crippen LogP contribution in [0.25, 0.3) is 0 Å². The lowest BCUT2D eigenvalue weighted by molar-refractivity contribution is -0.116. The maximum atomic E-state index is 11.3. The summed E-state index contributed by atoms with van der Waals surface area (Å²) in [5, 5.41) is 5.68. The van der Waals surface area contributed by atoms with Gasteiger partial charge >= 0.3 is 0 Å². The monoisotopic (exact) mass is 300 g/mol. The first-order chi connectivity index (χ1) is 10.2. The number of nitroso groups, excluding NO2 is 1. The average molecular weight is 300 g/mol. The number of nitrogens with one attached hydrogen (secondary N) is 1. The van der Waals surface area contributed by atoms with Gasteiger partial charge in [0, 0.05) is 17.0 Å². The van der Waals surface area contributed by atoms with Gasteiger partial charge < -0.3 is 9.50 Å². The third-order valence-corrected chi connectivity index (χ3v) is 3.89. The van der Waals surface area contributed by atoms with Crippen molar-refractivity contribution in [2.24, 2.45) is 5.18 Å². The smallest absolute Gasteiger partial charge is 0.224 e. The number of carbonyl (C=O) groups excluding carboxylic acids is 1. The molecule has 0 aromatic heterocycles. The van der Waals surface area contributed by atoms with E-state index < -0.39 is 0 Å². The third kappa shape index (κ3) is 3.22. The Morgan fingerprint density at radius 3 is 2.67 bits per heavy atom. The minimum absolute atomic E-state index is 0.0504. The number of amides is 1. The molecule has 3 rings (SSSR count). The molecule has 5 nitrogen and oxygen atoms in total. The molecular formula is C15H12N2O3S. The summed E-state index contributed by atoms with van der Waals surface area (Å²) in [5.41, 5.74) is 2.32. The van der Waals surface area contributed by atoms with E-state index in [0.29, 0.717) is 12.1 Å². The number of carbonyl (C=O) groups is 1. The van der Waals surface area contributed by atoms with Crippen LogP contribution in [0.15, 0.2) is 52.5 Å². The zero-order chi connectivity index (χ0) is 14.7. The summed E-state index contributed by atoms with van der Waals surface area (Å²) in [6.07, 6.45) is 1.23. The Kier molecular flexibility index (Phi) is 3.87. The fourth-order valence-corrected chi connectivity index (χ4v) is 2.61. The maximum Gasteiger partial charge on any atom is 0.224 e. The van der Waals surface area contributed by atoms with Gasteiger partial charge in [0.15, 0.2) is 0 Å². The first-order valence-corrected chi connectivity index (χ1v) is 7.19. The molecule has 0 aliphatic carbocycles. The zero-order valence-electron chi connectivity index (χ0n) is 11.0. The summed E-state index contributed by atoms with van der Waals surface area (Å²) in [4.78, 5) is 22.5. The molecule has 1 aliphatic heterocycles. The van der Waals surface area contributed by atoms with Crippen molar-refractivity contribution >= 4 is 29.3 Å². The van der Waals surface area contributed by atoms with Crippen molar-refractivity contribution in [1.29, 1.82) is 0 Å². The zero-order valence-corrected chi connectivity index (χ0v) is 11.9.